The molecule has 1 aliphatic heterocycles. The molecule has 0 N–H and O–H groups in total. The Balaban J connectivity index is 2.25. The number of carbonyl (C=O) groups excluding carboxylic acids is 1. The van der Waals surface area contributed by atoms with Crippen LogP contribution < -0.4 is 4.74 Å². The summed E-state index contributed by atoms with van der Waals surface area (Å²) in [5, 5.41) is 0. The van der Waals surface area contributed by atoms with Crippen LogP contribution >= 0.6 is 0 Å². The number of allylic oxidation sites excluding steroid dienone is 3. The molecule has 0 unspecified atom stereocenters. The molecule has 0 radical (unpaired) electrons. The second kappa shape index (κ2) is 4.60. The van der Waals surface area contributed by atoms with Crippen LogP contribution in [0.1, 0.15) is 12.5 Å². The molecule has 92 valence electrons. The molecule has 0 atom stereocenters. The molecular formula is C17H12O2. The lowest BCUT2D eigenvalue weighted by molar-refractivity contribution is 0.424. The highest BCUT2D eigenvalue weighted by atomic mass is 16.5. The topological polar surface area (TPSA) is 26.3 Å². The molecule has 0 saturated carbocycles. The van der Waals surface area contributed by atoms with Gasteiger partial charge in [0.05, 0.1) is 5.57 Å². The highest BCUT2D eigenvalue weighted by molar-refractivity contribution is 5.98. The lowest BCUT2D eigenvalue weighted by atomic mass is 9.96. The van der Waals surface area contributed by atoms with E-state index in [0.717, 1.165) is 22.4 Å². The second-order valence-corrected chi connectivity index (χ2v) is 4.42. The molecule has 2 aromatic carbocycles. The molecular weight excluding hydrogens is 236 g/mol. The van der Waals surface area contributed by atoms with Crippen molar-refractivity contribution in [3.63, 3.8) is 0 Å². The normalized spacial score (nSPS) is 13.1. The third-order valence-corrected chi connectivity index (χ3v) is 3.11. The van der Waals surface area contributed by atoms with E-state index in [9.17, 15) is 4.79 Å². The molecule has 0 saturated heterocycles. The first kappa shape index (κ1) is 11.5. The van der Waals surface area contributed by atoms with E-state index in [1.54, 1.807) is 6.08 Å². The summed E-state index contributed by atoms with van der Waals surface area (Å²) in [6.07, 6.45) is 1.71. The van der Waals surface area contributed by atoms with E-state index >= 15 is 0 Å². The van der Waals surface area contributed by atoms with Crippen LogP contribution in [0, 0.1) is 0 Å². The lowest BCUT2D eigenvalue weighted by Gasteiger charge is -2.19. The third-order valence-electron chi connectivity index (χ3n) is 3.11. The van der Waals surface area contributed by atoms with Crippen molar-refractivity contribution in [2.75, 3.05) is 0 Å². The van der Waals surface area contributed by atoms with E-state index in [1.807, 2.05) is 61.4 Å². The van der Waals surface area contributed by atoms with Crippen LogP contribution in [0.4, 0.5) is 0 Å². The van der Waals surface area contributed by atoms with Gasteiger partial charge in [0, 0.05) is 11.1 Å². The van der Waals surface area contributed by atoms with Crippen LogP contribution in [-0.4, -0.2) is 5.94 Å². The average Bonchev–Trinajstić information content (AvgIpc) is 2.46. The van der Waals surface area contributed by atoms with Crippen LogP contribution in [0.2, 0.25) is 0 Å². The summed E-state index contributed by atoms with van der Waals surface area (Å²) < 4.78 is 5.81. The molecule has 19 heavy (non-hydrogen) atoms. The Hall–Kier alpha value is -2.57. The van der Waals surface area contributed by atoms with Crippen LogP contribution in [0.25, 0.3) is 16.7 Å². The molecule has 1 heterocycles. The summed E-state index contributed by atoms with van der Waals surface area (Å²) in [6.45, 7) is 1.84. The number of rotatable bonds is 1. The van der Waals surface area contributed by atoms with E-state index in [0.29, 0.717) is 11.3 Å². The highest BCUT2D eigenvalue weighted by Crippen LogP contribution is 2.40. The summed E-state index contributed by atoms with van der Waals surface area (Å²) >= 11 is 0. The minimum Gasteiger partial charge on any atom is -0.461 e. The Morgan fingerprint density at radius 3 is 2.42 bits per heavy atom. The number of fused-ring (bicyclic) bond motifs is 1. The zero-order chi connectivity index (χ0) is 13.2. The number of benzene rings is 2. The molecule has 0 spiro atoms. The van der Waals surface area contributed by atoms with Gasteiger partial charge in [-0.15, -0.1) is 0 Å². The molecule has 2 nitrogen and oxygen atoms in total. The largest absolute Gasteiger partial charge is 0.461 e. The molecule has 3 rings (SSSR count). The van der Waals surface area contributed by atoms with E-state index in [2.05, 4.69) is 0 Å². The second-order valence-electron chi connectivity index (χ2n) is 4.42. The van der Waals surface area contributed by atoms with Crippen molar-refractivity contribution >= 4 is 11.5 Å². The lowest BCUT2D eigenvalue weighted by Crippen LogP contribution is -2.03. The molecule has 0 aromatic heterocycles. The van der Waals surface area contributed by atoms with Gasteiger partial charge in [-0.1, -0.05) is 42.5 Å². The predicted octanol–water partition coefficient (Wildman–Crippen LogP) is 3.86. The van der Waals surface area contributed by atoms with E-state index in [-0.39, 0.29) is 0 Å². The van der Waals surface area contributed by atoms with Crippen molar-refractivity contribution in [3.8, 4) is 16.9 Å². The van der Waals surface area contributed by atoms with Crippen LogP contribution in [0.5, 0.6) is 5.75 Å². The zero-order valence-corrected chi connectivity index (χ0v) is 10.5. The number of ether oxygens (including phenoxy) is 1. The fourth-order valence-corrected chi connectivity index (χ4v) is 2.26. The fourth-order valence-electron chi connectivity index (χ4n) is 2.26. The summed E-state index contributed by atoms with van der Waals surface area (Å²) in [4.78, 5) is 11.1. The van der Waals surface area contributed by atoms with E-state index in [4.69, 9.17) is 4.74 Å². The van der Waals surface area contributed by atoms with Crippen molar-refractivity contribution in [2.45, 2.75) is 6.92 Å². The summed E-state index contributed by atoms with van der Waals surface area (Å²) in [6, 6.07) is 15.8. The fraction of sp³-hybridized carbons (Fsp3) is 0.0588. The Kier molecular flexibility index (Phi) is 2.79. The Morgan fingerprint density at radius 2 is 1.68 bits per heavy atom. The highest BCUT2D eigenvalue weighted by Gasteiger charge is 2.19. The maximum absolute atomic E-state index is 11.1. The van der Waals surface area contributed by atoms with Gasteiger partial charge < -0.3 is 4.74 Å². The first-order valence-electron chi connectivity index (χ1n) is 6.09. The maximum atomic E-state index is 11.1. The minimum absolute atomic E-state index is 0.538. The minimum atomic E-state index is 0.538. The van der Waals surface area contributed by atoms with Crippen molar-refractivity contribution < 1.29 is 9.53 Å². The van der Waals surface area contributed by atoms with Gasteiger partial charge in [0.1, 0.15) is 17.5 Å². The smallest absolute Gasteiger partial charge is 0.143 e. The van der Waals surface area contributed by atoms with Gasteiger partial charge >= 0.3 is 0 Å². The van der Waals surface area contributed by atoms with Crippen LogP contribution in [-0.2, 0) is 4.79 Å². The molecule has 0 amide bonds. The molecule has 2 heteroatoms. The zero-order valence-electron chi connectivity index (χ0n) is 10.5. The van der Waals surface area contributed by atoms with Crippen molar-refractivity contribution in [2.24, 2.45) is 0 Å². The van der Waals surface area contributed by atoms with Gasteiger partial charge in [-0.3, -0.25) is 0 Å². The van der Waals surface area contributed by atoms with Gasteiger partial charge in [0.15, 0.2) is 0 Å². The van der Waals surface area contributed by atoms with Gasteiger partial charge in [-0.2, -0.15) is 0 Å². The summed E-state index contributed by atoms with van der Waals surface area (Å²) in [7, 11) is 0. The van der Waals surface area contributed by atoms with Crippen molar-refractivity contribution in [1.82, 2.24) is 0 Å². The molecule has 2 aromatic rings. The third kappa shape index (κ3) is 1.99. The molecule has 0 aliphatic carbocycles. The van der Waals surface area contributed by atoms with E-state index < -0.39 is 0 Å². The first-order chi connectivity index (χ1) is 9.29. The SMILES string of the molecule is CC1=CC(=C=O)c2cccc(-c3ccccc3)c2O1. The number of para-hydroxylation sites is 1. The van der Waals surface area contributed by atoms with Gasteiger partial charge in [-0.05, 0) is 24.6 Å². The number of hydrogen-bond donors (Lipinski definition) is 0. The quantitative estimate of drug-likeness (QED) is 0.716. The Morgan fingerprint density at radius 1 is 0.947 bits per heavy atom. The van der Waals surface area contributed by atoms with Gasteiger partial charge in [0.2, 0.25) is 0 Å². The summed E-state index contributed by atoms with van der Waals surface area (Å²) in [5.74, 6) is 3.41. The Labute approximate surface area is 111 Å². The number of hydrogen-bond acceptors (Lipinski definition) is 2. The monoisotopic (exact) mass is 248 g/mol. The summed E-state index contributed by atoms with van der Waals surface area (Å²) in [5.41, 5.74) is 3.39. The van der Waals surface area contributed by atoms with Gasteiger partial charge in [-0.25, -0.2) is 4.79 Å². The first-order valence-corrected chi connectivity index (χ1v) is 6.09. The molecule has 1 aliphatic rings. The predicted molar refractivity (Wildman–Crippen MR) is 75.4 cm³/mol. The standard InChI is InChI=1S/C17H12O2/c1-12-10-14(11-18)16-9-5-8-15(17(16)19-12)13-6-3-2-4-7-13/h2-10H,1H3. The molecule has 0 bridgehead atoms. The average molecular weight is 248 g/mol. The van der Waals surface area contributed by atoms with Crippen LogP contribution in [0.3, 0.4) is 0 Å². The van der Waals surface area contributed by atoms with Crippen molar-refractivity contribution in [3.05, 3.63) is 65.9 Å². The van der Waals surface area contributed by atoms with Gasteiger partial charge in [0.25, 0.3) is 0 Å². The van der Waals surface area contributed by atoms with Crippen molar-refractivity contribution in [1.29, 1.82) is 0 Å². The maximum Gasteiger partial charge on any atom is 0.143 e. The Bertz CT molecular complexity index is 705. The molecule has 0 fully saturated rings. The van der Waals surface area contributed by atoms with Crippen LogP contribution in [0.15, 0.2) is 60.4 Å². The van der Waals surface area contributed by atoms with E-state index in [1.165, 1.54) is 0 Å².